The van der Waals surface area contributed by atoms with Crippen LogP contribution in [-0.4, -0.2) is 38.2 Å². The molecule has 0 saturated heterocycles. The highest BCUT2D eigenvalue weighted by molar-refractivity contribution is 6.31. The highest BCUT2D eigenvalue weighted by atomic mass is 16.5. The second kappa shape index (κ2) is 10.3. The smallest absolute Gasteiger partial charge is 0.231 e. The zero-order chi connectivity index (χ0) is 24.9. The van der Waals surface area contributed by atoms with Crippen LogP contribution in [0.3, 0.4) is 0 Å². The number of hydrogen-bond acceptors (Lipinski definition) is 7. The average molecular weight is 474 g/mol. The zero-order valence-corrected chi connectivity index (χ0v) is 20.3. The van der Waals surface area contributed by atoms with E-state index in [-0.39, 0.29) is 23.4 Å². The first-order chi connectivity index (χ1) is 16.9. The van der Waals surface area contributed by atoms with Crippen LogP contribution < -0.4 is 18.9 Å². The van der Waals surface area contributed by atoms with Crippen molar-refractivity contribution in [1.29, 1.82) is 0 Å². The first kappa shape index (κ1) is 23.9. The van der Waals surface area contributed by atoms with Gasteiger partial charge in [0.15, 0.2) is 22.9 Å². The summed E-state index contributed by atoms with van der Waals surface area (Å²) in [6.07, 6.45) is 1.74. The summed E-state index contributed by atoms with van der Waals surface area (Å²) < 4.78 is 28.0. The van der Waals surface area contributed by atoms with Crippen LogP contribution in [-0.2, 0) is 0 Å². The SMILES string of the molecule is COc1cc(C=C(C(=O)c2ccc(OC(C)C)cc2)c2nc3ccccc3o2)cc(OC)c1OC. The molecule has 7 nitrogen and oxygen atoms in total. The Morgan fingerprint density at radius 2 is 1.57 bits per heavy atom. The molecule has 0 atom stereocenters. The Bertz CT molecular complexity index is 1310. The van der Waals surface area contributed by atoms with Gasteiger partial charge in [-0.15, -0.1) is 0 Å². The molecule has 0 aliphatic heterocycles. The quantitative estimate of drug-likeness (QED) is 0.216. The summed E-state index contributed by atoms with van der Waals surface area (Å²) in [6, 6.07) is 17.9. The molecule has 1 aromatic heterocycles. The molecule has 0 unspecified atom stereocenters. The molecule has 4 aromatic rings. The second-order valence-corrected chi connectivity index (χ2v) is 8.02. The minimum atomic E-state index is -0.249. The Morgan fingerprint density at radius 3 is 2.14 bits per heavy atom. The molecule has 0 bridgehead atoms. The van der Waals surface area contributed by atoms with Gasteiger partial charge in [-0.05, 0) is 74.0 Å². The van der Waals surface area contributed by atoms with Crippen LogP contribution in [0.2, 0.25) is 0 Å². The Kier molecular flexibility index (Phi) is 7.06. The first-order valence-electron chi connectivity index (χ1n) is 11.1. The van der Waals surface area contributed by atoms with Crippen molar-refractivity contribution < 1.29 is 28.2 Å². The van der Waals surface area contributed by atoms with Crippen molar-refractivity contribution in [3.8, 4) is 23.0 Å². The molecule has 7 heteroatoms. The number of Topliss-reactive ketones (excluding diaryl/α,β-unsaturated/α-hetero) is 1. The molecule has 3 aromatic carbocycles. The molecular formula is C28H27NO6. The largest absolute Gasteiger partial charge is 0.493 e. The molecule has 0 N–H and O–H groups in total. The fraction of sp³-hybridized carbons (Fsp3) is 0.214. The lowest BCUT2D eigenvalue weighted by Gasteiger charge is -2.13. The maximum atomic E-state index is 13.7. The number of fused-ring (bicyclic) bond motifs is 1. The van der Waals surface area contributed by atoms with Crippen molar-refractivity contribution >= 4 is 28.5 Å². The van der Waals surface area contributed by atoms with Gasteiger partial charge in [0.2, 0.25) is 11.6 Å². The van der Waals surface area contributed by atoms with E-state index in [2.05, 4.69) is 4.98 Å². The third kappa shape index (κ3) is 5.14. The van der Waals surface area contributed by atoms with Gasteiger partial charge < -0.3 is 23.4 Å². The standard InChI is InChI=1S/C28H27NO6/c1-17(2)34-20-12-10-19(11-13-20)26(30)21(28-29-22-8-6-7-9-23(22)35-28)14-18-15-24(31-3)27(33-5)25(16-18)32-4/h6-17H,1-5H3. The van der Waals surface area contributed by atoms with E-state index in [1.807, 2.05) is 38.1 Å². The van der Waals surface area contributed by atoms with E-state index in [0.717, 1.165) is 0 Å². The lowest BCUT2D eigenvalue weighted by molar-refractivity contribution is 0.105. The monoisotopic (exact) mass is 473 g/mol. The van der Waals surface area contributed by atoms with Crippen LogP contribution in [0.4, 0.5) is 0 Å². The third-order valence-corrected chi connectivity index (χ3v) is 5.26. The van der Waals surface area contributed by atoms with Crippen molar-refractivity contribution in [3.05, 3.63) is 77.7 Å². The van der Waals surface area contributed by atoms with Crippen molar-refractivity contribution in [2.75, 3.05) is 21.3 Å². The van der Waals surface area contributed by atoms with Crippen LogP contribution in [0.1, 0.15) is 35.7 Å². The van der Waals surface area contributed by atoms with Crippen LogP contribution >= 0.6 is 0 Å². The van der Waals surface area contributed by atoms with Crippen molar-refractivity contribution in [1.82, 2.24) is 4.98 Å². The van der Waals surface area contributed by atoms with Crippen LogP contribution in [0, 0.1) is 0 Å². The molecule has 0 radical (unpaired) electrons. The molecule has 0 amide bonds. The molecule has 0 aliphatic rings. The van der Waals surface area contributed by atoms with Gasteiger partial charge in [-0.25, -0.2) is 4.98 Å². The summed E-state index contributed by atoms with van der Waals surface area (Å²) in [7, 11) is 4.62. The molecule has 0 fully saturated rings. The van der Waals surface area contributed by atoms with Gasteiger partial charge >= 0.3 is 0 Å². The Balaban J connectivity index is 1.84. The number of ether oxygens (including phenoxy) is 4. The van der Waals surface area contributed by atoms with E-state index < -0.39 is 0 Å². The van der Waals surface area contributed by atoms with Crippen LogP contribution in [0.25, 0.3) is 22.7 Å². The number of nitrogens with zero attached hydrogens (tertiary/aromatic N) is 1. The number of para-hydroxylation sites is 2. The van der Waals surface area contributed by atoms with Crippen molar-refractivity contribution in [2.24, 2.45) is 0 Å². The number of allylic oxidation sites excluding steroid dienone is 1. The average Bonchev–Trinajstić information content (AvgIpc) is 3.30. The zero-order valence-electron chi connectivity index (χ0n) is 20.3. The van der Waals surface area contributed by atoms with Gasteiger partial charge in [-0.3, -0.25) is 4.79 Å². The summed E-state index contributed by atoms with van der Waals surface area (Å²) >= 11 is 0. The minimum absolute atomic E-state index is 0.0341. The number of methoxy groups -OCH3 is 3. The number of carbonyl (C=O) groups excluding carboxylic acids is 1. The maximum Gasteiger partial charge on any atom is 0.231 e. The van der Waals surface area contributed by atoms with E-state index in [0.29, 0.717) is 45.2 Å². The molecule has 0 saturated carbocycles. The highest BCUT2D eigenvalue weighted by Gasteiger charge is 2.22. The number of ketones is 1. The normalized spacial score (nSPS) is 11.5. The Hall–Kier alpha value is -4.26. The summed E-state index contributed by atoms with van der Waals surface area (Å²) in [6.45, 7) is 3.90. The van der Waals surface area contributed by atoms with Crippen LogP contribution in [0.15, 0.2) is 65.1 Å². The molecule has 1 heterocycles. The molecular weight excluding hydrogens is 446 g/mol. The van der Waals surface area contributed by atoms with Gasteiger partial charge in [0, 0.05) is 5.56 Å². The predicted molar refractivity (Wildman–Crippen MR) is 135 cm³/mol. The highest BCUT2D eigenvalue weighted by Crippen LogP contribution is 2.39. The molecule has 35 heavy (non-hydrogen) atoms. The lowest BCUT2D eigenvalue weighted by atomic mass is 10.00. The van der Waals surface area contributed by atoms with Gasteiger partial charge in [0.25, 0.3) is 0 Å². The fourth-order valence-electron chi connectivity index (χ4n) is 3.68. The first-order valence-corrected chi connectivity index (χ1v) is 11.1. The van der Waals surface area contributed by atoms with Crippen LogP contribution in [0.5, 0.6) is 23.0 Å². The molecule has 0 spiro atoms. The topological polar surface area (TPSA) is 80.0 Å². The summed E-state index contributed by atoms with van der Waals surface area (Å²) in [5.41, 5.74) is 2.67. The van der Waals surface area contributed by atoms with E-state index in [4.69, 9.17) is 23.4 Å². The number of oxazole rings is 1. The summed E-state index contributed by atoms with van der Waals surface area (Å²) in [5.74, 6) is 2.06. The van der Waals surface area contributed by atoms with Gasteiger partial charge in [-0.2, -0.15) is 0 Å². The molecule has 4 rings (SSSR count). The number of aromatic nitrogens is 1. The molecule has 180 valence electrons. The van der Waals surface area contributed by atoms with E-state index >= 15 is 0 Å². The van der Waals surface area contributed by atoms with Crippen molar-refractivity contribution in [2.45, 2.75) is 20.0 Å². The van der Waals surface area contributed by atoms with Crippen molar-refractivity contribution in [3.63, 3.8) is 0 Å². The van der Waals surface area contributed by atoms with Gasteiger partial charge in [0.1, 0.15) is 11.3 Å². The minimum Gasteiger partial charge on any atom is -0.493 e. The second-order valence-electron chi connectivity index (χ2n) is 8.02. The van der Waals surface area contributed by atoms with Gasteiger partial charge in [-0.1, -0.05) is 12.1 Å². The number of carbonyl (C=O) groups is 1. The van der Waals surface area contributed by atoms with E-state index in [1.165, 1.54) is 7.11 Å². The molecule has 0 aliphatic carbocycles. The van der Waals surface area contributed by atoms with Gasteiger partial charge in [0.05, 0.1) is 33.0 Å². The van der Waals surface area contributed by atoms with E-state index in [1.54, 1.807) is 56.7 Å². The Morgan fingerprint density at radius 1 is 0.914 bits per heavy atom. The third-order valence-electron chi connectivity index (χ3n) is 5.26. The predicted octanol–water partition coefficient (Wildman–Crippen LogP) is 6.06. The lowest BCUT2D eigenvalue weighted by Crippen LogP contribution is -2.07. The van der Waals surface area contributed by atoms with E-state index in [9.17, 15) is 4.79 Å². The number of hydrogen-bond donors (Lipinski definition) is 0. The number of rotatable bonds is 9. The fourth-order valence-corrected chi connectivity index (χ4v) is 3.68. The summed E-state index contributed by atoms with van der Waals surface area (Å²) in [5, 5.41) is 0. The maximum absolute atomic E-state index is 13.7. The number of benzene rings is 3. The summed E-state index contributed by atoms with van der Waals surface area (Å²) in [4.78, 5) is 18.3. The Labute approximate surface area is 203 Å².